The van der Waals surface area contributed by atoms with E-state index in [0.717, 1.165) is 11.0 Å². The predicted octanol–water partition coefficient (Wildman–Crippen LogP) is 3.78. The fraction of sp³-hybridized carbons (Fsp3) is 0.714. The molecule has 0 radical (unpaired) electrons. The molecule has 168 valence electrons. The molecule has 0 aliphatic carbocycles. The number of rotatable bonds is 5. The first-order valence-electron chi connectivity index (χ1n) is 10.3. The van der Waals surface area contributed by atoms with Gasteiger partial charge in [-0.25, -0.2) is 0 Å². The van der Waals surface area contributed by atoms with Crippen LogP contribution in [0.1, 0.15) is 46.1 Å². The standard InChI is InChI=1S/C21H31BF3NO4/c1-19(2)20(3,4)30-22(29-19)15-11-17(27-5)16(18(12-15)28-6)13-26-9-7-14(8-10-26)21(23,24)25/h11-12,14H,7-10,13H2,1-6H3. The molecule has 1 aromatic carbocycles. The van der Waals surface area contributed by atoms with Crippen molar-refractivity contribution in [2.24, 2.45) is 5.92 Å². The normalized spacial score (nSPS) is 22.4. The highest BCUT2D eigenvalue weighted by Crippen LogP contribution is 2.39. The molecule has 2 saturated heterocycles. The van der Waals surface area contributed by atoms with Gasteiger partial charge in [0.15, 0.2) is 0 Å². The van der Waals surface area contributed by atoms with E-state index < -0.39 is 30.4 Å². The summed E-state index contributed by atoms with van der Waals surface area (Å²) >= 11 is 0. The molecule has 2 aliphatic heterocycles. The molecular formula is C21H31BF3NO4. The summed E-state index contributed by atoms with van der Waals surface area (Å²) in [7, 11) is 2.58. The Kier molecular flexibility index (Phi) is 6.38. The van der Waals surface area contributed by atoms with Crippen molar-refractivity contribution >= 4 is 12.6 Å². The number of hydrogen-bond donors (Lipinski definition) is 0. The molecule has 1 aromatic rings. The highest BCUT2D eigenvalue weighted by molar-refractivity contribution is 6.62. The molecule has 2 heterocycles. The zero-order valence-corrected chi connectivity index (χ0v) is 18.6. The number of benzene rings is 1. The van der Waals surface area contributed by atoms with Crippen LogP contribution in [0.3, 0.4) is 0 Å². The molecule has 0 bridgehead atoms. The molecule has 9 heteroatoms. The van der Waals surface area contributed by atoms with Gasteiger partial charge >= 0.3 is 13.3 Å². The summed E-state index contributed by atoms with van der Waals surface area (Å²) < 4.78 is 62.3. The molecule has 0 N–H and O–H groups in total. The molecule has 30 heavy (non-hydrogen) atoms. The minimum Gasteiger partial charge on any atom is -0.496 e. The van der Waals surface area contributed by atoms with Gasteiger partial charge in [-0.15, -0.1) is 0 Å². The van der Waals surface area contributed by atoms with Crippen LogP contribution in [0, 0.1) is 5.92 Å². The lowest BCUT2D eigenvalue weighted by Crippen LogP contribution is -2.41. The Bertz CT molecular complexity index is 720. The van der Waals surface area contributed by atoms with Crippen molar-refractivity contribution in [2.45, 2.75) is 64.5 Å². The fourth-order valence-electron chi connectivity index (χ4n) is 3.92. The average molecular weight is 429 g/mol. The van der Waals surface area contributed by atoms with Gasteiger partial charge in [-0.3, -0.25) is 4.90 Å². The van der Waals surface area contributed by atoms with Crippen LogP contribution in [0.2, 0.25) is 0 Å². The molecule has 0 amide bonds. The van der Waals surface area contributed by atoms with Gasteiger partial charge in [0.05, 0.1) is 36.9 Å². The first-order valence-corrected chi connectivity index (χ1v) is 10.3. The second kappa shape index (κ2) is 8.24. The van der Waals surface area contributed by atoms with Crippen LogP contribution in [0.25, 0.3) is 0 Å². The Morgan fingerprint density at radius 3 is 1.87 bits per heavy atom. The summed E-state index contributed by atoms with van der Waals surface area (Å²) in [6.07, 6.45) is -3.90. The van der Waals surface area contributed by atoms with E-state index in [4.69, 9.17) is 18.8 Å². The third-order valence-corrected chi connectivity index (χ3v) is 6.59. The Morgan fingerprint density at radius 1 is 1.00 bits per heavy atom. The second-order valence-electron chi connectivity index (χ2n) is 9.08. The summed E-state index contributed by atoms with van der Waals surface area (Å²) in [5.74, 6) is -0.00250. The number of methoxy groups -OCH3 is 2. The molecule has 0 spiro atoms. The van der Waals surface area contributed by atoms with E-state index in [2.05, 4.69) is 0 Å². The van der Waals surface area contributed by atoms with Gasteiger partial charge in [0.1, 0.15) is 11.5 Å². The van der Waals surface area contributed by atoms with Gasteiger partial charge in [0.2, 0.25) is 0 Å². The molecule has 2 aliphatic rings. The molecule has 5 nitrogen and oxygen atoms in total. The van der Waals surface area contributed by atoms with Gasteiger partial charge in [0.25, 0.3) is 0 Å². The van der Waals surface area contributed by atoms with E-state index in [0.29, 0.717) is 31.1 Å². The third kappa shape index (κ3) is 4.58. The van der Waals surface area contributed by atoms with Crippen LogP contribution in [-0.2, 0) is 15.9 Å². The zero-order chi connectivity index (χ0) is 22.3. The molecule has 0 aromatic heterocycles. The number of ether oxygens (including phenoxy) is 2. The summed E-state index contributed by atoms with van der Waals surface area (Å²) in [6.45, 7) is 9.17. The van der Waals surface area contributed by atoms with Gasteiger partial charge in [-0.1, -0.05) is 0 Å². The summed E-state index contributed by atoms with van der Waals surface area (Å²) in [4.78, 5) is 2.01. The Morgan fingerprint density at radius 2 is 1.47 bits per heavy atom. The summed E-state index contributed by atoms with van der Waals surface area (Å²) in [5, 5.41) is 0. The maximum Gasteiger partial charge on any atom is 0.495 e. The highest BCUT2D eigenvalue weighted by Gasteiger charge is 2.52. The molecule has 0 atom stereocenters. The first-order chi connectivity index (χ1) is 13.9. The van der Waals surface area contributed by atoms with Crippen LogP contribution >= 0.6 is 0 Å². The molecule has 0 saturated carbocycles. The Hall–Kier alpha value is -1.45. The number of alkyl halides is 3. The number of nitrogens with zero attached hydrogens (tertiary/aromatic N) is 1. The van der Waals surface area contributed by atoms with Crippen LogP contribution in [0.5, 0.6) is 11.5 Å². The van der Waals surface area contributed by atoms with Crippen molar-refractivity contribution in [3.63, 3.8) is 0 Å². The number of hydrogen-bond acceptors (Lipinski definition) is 5. The molecule has 2 fully saturated rings. The minimum absolute atomic E-state index is 0.111. The van der Waals surface area contributed by atoms with E-state index in [-0.39, 0.29) is 12.8 Å². The zero-order valence-electron chi connectivity index (χ0n) is 18.6. The molecule has 0 unspecified atom stereocenters. The summed E-state index contributed by atoms with van der Waals surface area (Å²) in [5.41, 5.74) is 0.645. The Balaban J connectivity index is 1.80. The van der Waals surface area contributed by atoms with E-state index in [1.54, 1.807) is 14.2 Å². The van der Waals surface area contributed by atoms with Crippen LogP contribution in [0.4, 0.5) is 13.2 Å². The van der Waals surface area contributed by atoms with E-state index in [9.17, 15) is 13.2 Å². The number of piperidine rings is 1. The lowest BCUT2D eigenvalue weighted by Gasteiger charge is -2.33. The highest BCUT2D eigenvalue weighted by atomic mass is 19.4. The maximum absolute atomic E-state index is 13.0. The third-order valence-electron chi connectivity index (χ3n) is 6.59. The van der Waals surface area contributed by atoms with Crippen molar-refractivity contribution in [2.75, 3.05) is 27.3 Å². The second-order valence-corrected chi connectivity index (χ2v) is 9.08. The van der Waals surface area contributed by atoms with Crippen LogP contribution < -0.4 is 14.9 Å². The quantitative estimate of drug-likeness (QED) is 0.667. The fourth-order valence-corrected chi connectivity index (χ4v) is 3.92. The van der Waals surface area contributed by atoms with Crippen molar-refractivity contribution < 1.29 is 32.0 Å². The number of halogens is 3. The number of likely N-dealkylation sites (tertiary alicyclic amines) is 1. The van der Waals surface area contributed by atoms with Crippen molar-refractivity contribution in [1.29, 1.82) is 0 Å². The predicted molar refractivity (Wildman–Crippen MR) is 109 cm³/mol. The van der Waals surface area contributed by atoms with Gasteiger partial charge in [-0.2, -0.15) is 13.2 Å². The van der Waals surface area contributed by atoms with Gasteiger partial charge in [0, 0.05) is 6.54 Å². The van der Waals surface area contributed by atoms with Crippen LogP contribution in [0.15, 0.2) is 12.1 Å². The Labute approximate surface area is 176 Å². The first kappa shape index (κ1) is 23.2. The average Bonchev–Trinajstić information content (AvgIpc) is 2.88. The van der Waals surface area contributed by atoms with Crippen LogP contribution in [-0.4, -0.2) is 56.7 Å². The van der Waals surface area contributed by atoms with E-state index >= 15 is 0 Å². The topological polar surface area (TPSA) is 40.2 Å². The van der Waals surface area contributed by atoms with Gasteiger partial charge < -0.3 is 18.8 Å². The largest absolute Gasteiger partial charge is 0.496 e. The monoisotopic (exact) mass is 429 g/mol. The lowest BCUT2D eigenvalue weighted by molar-refractivity contribution is -0.185. The molecular weight excluding hydrogens is 398 g/mol. The van der Waals surface area contributed by atoms with E-state index in [1.165, 1.54) is 0 Å². The van der Waals surface area contributed by atoms with E-state index in [1.807, 2.05) is 44.7 Å². The maximum atomic E-state index is 13.0. The van der Waals surface area contributed by atoms with Crippen molar-refractivity contribution in [3.05, 3.63) is 17.7 Å². The minimum atomic E-state index is -4.12. The van der Waals surface area contributed by atoms with Crippen molar-refractivity contribution in [1.82, 2.24) is 4.90 Å². The molecule has 3 rings (SSSR count). The SMILES string of the molecule is COc1cc(B2OC(C)(C)C(C)(C)O2)cc(OC)c1CN1CCC(C(F)(F)F)CC1. The smallest absolute Gasteiger partial charge is 0.495 e. The lowest BCUT2D eigenvalue weighted by atomic mass is 9.78. The summed E-state index contributed by atoms with van der Waals surface area (Å²) in [6, 6.07) is 3.73. The van der Waals surface area contributed by atoms with Crippen molar-refractivity contribution in [3.8, 4) is 11.5 Å². The van der Waals surface area contributed by atoms with Gasteiger partial charge in [-0.05, 0) is 71.2 Å².